The van der Waals surface area contributed by atoms with Crippen LogP contribution in [0, 0.1) is 5.92 Å². The van der Waals surface area contributed by atoms with Crippen LogP contribution in [0.1, 0.15) is 39.0 Å². The van der Waals surface area contributed by atoms with E-state index in [2.05, 4.69) is 17.1 Å². The van der Waals surface area contributed by atoms with E-state index in [-0.39, 0.29) is 12.8 Å². The van der Waals surface area contributed by atoms with Crippen LogP contribution in [0.25, 0.3) is 0 Å². The lowest BCUT2D eigenvalue weighted by Crippen LogP contribution is -2.44. The number of hydrogen-bond donors (Lipinski definition) is 1. The van der Waals surface area contributed by atoms with Gasteiger partial charge in [0, 0.05) is 12.1 Å². The van der Waals surface area contributed by atoms with E-state index < -0.39 is 12.1 Å². The van der Waals surface area contributed by atoms with Gasteiger partial charge in [-0.15, -0.1) is 0 Å². The maximum Gasteiger partial charge on any atom is 0.391 e. The Morgan fingerprint density at radius 2 is 1.78 bits per heavy atom. The topological polar surface area (TPSA) is 15.3 Å². The van der Waals surface area contributed by atoms with Crippen molar-refractivity contribution in [3.63, 3.8) is 0 Å². The first-order valence-electron chi connectivity index (χ1n) is 7.05. The number of alkyl halides is 3. The first-order valence-corrected chi connectivity index (χ1v) is 7.05. The molecule has 2 rings (SSSR count). The summed E-state index contributed by atoms with van der Waals surface area (Å²) in [6.07, 6.45) is -0.0254. The van der Waals surface area contributed by atoms with Gasteiger partial charge in [-0.25, -0.2) is 0 Å². The predicted octanol–water partition coefficient (Wildman–Crippen LogP) is 2.79. The lowest BCUT2D eigenvalue weighted by Gasteiger charge is -2.36. The Bertz CT molecular complexity index is 259. The van der Waals surface area contributed by atoms with Gasteiger partial charge in [-0.05, 0) is 51.7 Å². The molecule has 0 radical (unpaired) electrons. The van der Waals surface area contributed by atoms with E-state index in [4.69, 9.17) is 0 Å². The smallest absolute Gasteiger partial charge is 0.314 e. The van der Waals surface area contributed by atoms with E-state index in [1.165, 1.54) is 0 Å². The molecule has 0 amide bonds. The van der Waals surface area contributed by atoms with Crippen LogP contribution in [0.5, 0.6) is 0 Å². The minimum absolute atomic E-state index is 0.284. The average molecular weight is 264 g/mol. The fourth-order valence-corrected chi connectivity index (χ4v) is 3.36. The van der Waals surface area contributed by atoms with Gasteiger partial charge in [0.15, 0.2) is 0 Å². The van der Waals surface area contributed by atoms with Gasteiger partial charge in [-0.3, -0.25) is 0 Å². The second-order valence-corrected chi connectivity index (χ2v) is 5.57. The van der Waals surface area contributed by atoms with E-state index in [0.717, 1.165) is 25.8 Å². The maximum absolute atomic E-state index is 12.6. The molecule has 1 heterocycles. The molecule has 0 aromatic carbocycles. The first kappa shape index (κ1) is 14.1. The monoisotopic (exact) mass is 264 g/mol. The molecule has 106 valence electrons. The van der Waals surface area contributed by atoms with Gasteiger partial charge in [0.1, 0.15) is 0 Å². The molecule has 0 bridgehead atoms. The van der Waals surface area contributed by atoms with Crippen molar-refractivity contribution < 1.29 is 13.2 Å². The molecule has 1 saturated carbocycles. The van der Waals surface area contributed by atoms with Crippen molar-refractivity contribution in [2.45, 2.75) is 57.3 Å². The van der Waals surface area contributed by atoms with Crippen LogP contribution in [-0.2, 0) is 0 Å². The number of likely N-dealkylation sites (tertiary alicyclic amines) is 1. The number of nitrogens with zero attached hydrogens (tertiary/aromatic N) is 1. The number of halogens is 3. The molecular weight excluding hydrogens is 241 g/mol. The van der Waals surface area contributed by atoms with E-state index in [1.807, 2.05) is 0 Å². The third-order valence-corrected chi connectivity index (χ3v) is 4.41. The third-order valence-electron chi connectivity index (χ3n) is 4.41. The predicted molar refractivity (Wildman–Crippen MR) is 65.5 cm³/mol. The summed E-state index contributed by atoms with van der Waals surface area (Å²) in [5.74, 6) is -1.07. The second-order valence-electron chi connectivity index (χ2n) is 5.57. The number of piperidine rings is 1. The van der Waals surface area contributed by atoms with Crippen molar-refractivity contribution in [2.24, 2.45) is 5.92 Å². The Labute approximate surface area is 107 Å². The summed E-state index contributed by atoms with van der Waals surface area (Å²) in [6, 6.07) is 1.07. The zero-order chi connectivity index (χ0) is 13.2. The standard InChI is InChI=1S/C13H23F3N2/c1-2-17-11-3-4-12(9-11)18-7-5-10(6-8-18)13(14,15)16/h10-12,17H,2-9H2,1H3. The molecule has 2 aliphatic rings. The van der Waals surface area contributed by atoms with Crippen LogP contribution in [-0.4, -0.2) is 42.8 Å². The van der Waals surface area contributed by atoms with Crippen LogP contribution in [0.15, 0.2) is 0 Å². The molecule has 1 aliphatic heterocycles. The van der Waals surface area contributed by atoms with Crippen molar-refractivity contribution >= 4 is 0 Å². The minimum Gasteiger partial charge on any atom is -0.314 e. The Hall–Kier alpha value is -0.290. The van der Waals surface area contributed by atoms with Crippen molar-refractivity contribution in [3.05, 3.63) is 0 Å². The van der Waals surface area contributed by atoms with Gasteiger partial charge in [0.25, 0.3) is 0 Å². The summed E-state index contributed by atoms with van der Waals surface area (Å²) in [6.45, 7) is 4.32. The number of rotatable bonds is 3. The highest BCUT2D eigenvalue weighted by molar-refractivity contribution is 4.89. The quantitative estimate of drug-likeness (QED) is 0.843. The molecule has 0 aromatic rings. The molecule has 2 unspecified atom stereocenters. The molecule has 1 saturated heterocycles. The van der Waals surface area contributed by atoms with Crippen LogP contribution >= 0.6 is 0 Å². The number of hydrogen-bond acceptors (Lipinski definition) is 2. The highest BCUT2D eigenvalue weighted by Gasteiger charge is 2.42. The lowest BCUT2D eigenvalue weighted by molar-refractivity contribution is -0.186. The van der Waals surface area contributed by atoms with Gasteiger partial charge in [-0.1, -0.05) is 6.92 Å². The van der Waals surface area contributed by atoms with E-state index in [9.17, 15) is 13.2 Å². The van der Waals surface area contributed by atoms with Crippen molar-refractivity contribution in [1.82, 2.24) is 10.2 Å². The van der Waals surface area contributed by atoms with E-state index in [0.29, 0.717) is 25.2 Å². The molecular formula is C13H23F3N2. The molecule has 18 heavy (non-hydrogen) atoms. The highest BCUT2D eigenvalue weighted by Crippen LogP contribution is 2.36. The Kier molecular flexibility index (Phi) is 4.54. The van der Waals surface area contributed by atoms with Crippen LogP contribution in [0.2, 0.25) is 0 Å². The molecule has 1 aliphatic carbocycles. The summed E-state index contributed by atoms with van der Waals surface area (Å²) < 4.78 is 37.7. The highest BCUT2D eigenvalue weighted by atomic mass is 19.4. The van der Waals surface area contributed by atoms with Gasteiger partial charge in [0.05, 0.1) is 5.92 Å². The maximum atomic E-state index is 12.6. The zero-order valence-electron chi connectivity index (χ0n) is 11.0. The Balaban J connectivity index is 1.77. The Morgan fingerprint density at radius 3 is 2.33 bits per heavy atom. The van der Waals surface area contributed by atoms with Crippen LogP contribution in [0.4, 0.5) is 13.2 Å². The van der Waals surface area contributed by atoms with Gasteiger partial charge >= 0.3 is 6.18 Å². The van der Waals surface area contributed by atoms with Crippen LogP contribution < -0.4 is 5.32 Å². The summed E-state index contributed by atoms with van der Waals surface area (Å²) in [7, 11) is 0. The molecule has 2 fully saturated rings. The summed E-state index contributed by atoms with van der Waals surface area (Å²) >= 11 is 0. The summed E-state index contributed by atoms with van der Waals surface area (Å²) in [5, 5.41) is 3.44. The molecule has 1 N–H and O–H groups in total. The normalized spacial score (nSPS) is 32.0. The average Bonchev–Trinajstić information content (AvgIpc) is 2.77. The largest absolute Gasteiger partial charge is 0.391 e. The molecule has 2 nitrogen and oxygen atoms in total. The molecule has 2 atom stereocenters. The first-order chi connectivity index (χ1) is 8.50. The van der Waals surface area contributed by atoms with Crippen molar-refractivity contribution in [2.75, 3.05) is 19.6 Å². The van der Waals surface area contributed by atoms with Gasteiger partial charge in [0.2, 0.25) is 0 Å². The fourth-order valence-electron chi connectivity index (χ4n) is 3.36. The Morgan fingerprint density at radius 1 is 1.11 bits per heavy atom. The molecule has 5 heteroatoms. The second kappa shape index (κ2) is 5.78. The van der Waals surface area contributed by atoms with E-state index in [1.54, 1.807) is 0 Å². The SMILES string of the molecule is CCNC1CCC(N2CCC(C(F)(F)F)CC2)C1. The van der Waals surface area contributed by atoms with Gasteiger partial charge < -0.3 is 10.2 Å². The van der Waals surface area contributed by atoms with E-state index >= 15 is 0 Å². The molecule has 0 spiro atoms. The van der Waals surface area contributed by atoms with Crippen molar-refractivity contribution in [3.8, 4) is 0 Å². The third kappa shape index (κ3) is 3.38. The van der Waals surface area contributed by atoms with Crippen molar-refractivity contribution in [1.29, 1.82) is 0 Å². The summed E-state index contributed by atoms with van der Waals surface area (Å²) in [5.41, 5.74) is 0. The number of nitrogens with one attached hydrogen (secondary N) is 1. The fraction of sp³-hybridized carbons (Fsp3) is 1.00. The lowest BCUT2D eigenvalue weighted by atomic mass is 9.95. The summed E-state index contributed by atoms with van der Waals surface area (Å²) in [4.78, 5) is 2.28. The minimum atomic E-state index is -3.99. The van der Waals surface area contributed by atoms with Gasteiger partial charge in [-0.2, -0.15) is 13.2 Å². The zero-order valence-corrected chi connectivity index (χ0v) is 11.0. The molecule has 0 aromatic heterocycles. The van der Waals surface area contributed by atoms with Crippen LogP contribution in [0.3, 0.4) is 0 Å².